The van der Waals surface area contributed by atoms with Crippen molar-refractivity contribution in [2.24, 2.45) is 0 Å². The zero-order valence-corrected chi connectivity index (χ0v) is 14.3. The van der Waals surface area contributed by atoms with E-state index in [2.05, 4.69) is 10.6 Å². The standard InChI is InChI=1S/C19H16N2O3S/c1-24-17-5-3-2-4-16(17)21-18(22)13-6-8-15(9-7-13)20-19(23)14-10-11-25-12-14/h2-12H,1H3,(H,20,23)(H,21,22). The lowest BCUT2D eigenvalue weighted by Gasteiger charge is -2.10. The van der Waals surface area contributed by atoms with Gasteiger partial charge in [0.15, 0.2) is 0 Å². The minimum Gasteiger partial charge on any atom is -0.495 e. The molecule has 0 spiro atoms. The highest BCUT2D eigenvalue weighted by Gasteiger charge is 2.10. The molecule has 0 aliphatic heterocycles. The Bertz CT molecular complexity index is 874. The van der Waals surface area contributed by atoms with Crippen LogP contribution in [0.25, 0.3) is 0 Å². The smallest absolute Gasteiger partial charge is 0.256 e. The van der Waals surface area contributed by atoms with Gasteiger partial charge in [-0.15, -0.1) is 0 Å². The average Bonchev–Trinajstić information content (AvgIpc) is 3.17. The number of para-hydroxylation sites is 2. The summed E-state index contributed by atoms with van der Waals surface area (Å²) in [7, 11) is 1.55. The fraction of sp³-hybridized carbons (Fsp3) is 0.0526. The Morgan fingerprint density at radius 1 is 0.880 bits per heavy atom. The fourth-order valence-corrected chi connectivity index (χ4v) is 2.88. The maximum atomic E-state index is 12.3. The van der Waals surface area contributed by atoms with Gasteiger partial charge in [0.25, 0.3) is 11.8 Å². The summed E-state index contributed by atoms with van der Waals surface area (Å²) in [6.45, 7) is 0. The molecule has 6 heteroatoms. The molecule has 1 aromatic heterocycles. The summed E-state index contributed by atoms with van der Waals surface area (Å²) in [5.41, 5.74) is 2.33. The van der Waals surface area contributed by atoms with Gasteiger partial charge in [-0.3, -0.25) is 9.59 Å². The van der Waals surface area contributed by atoms with E-state index in [4.69, 9.17) is 4.74 Å². The van der Waals surface area contributed by atoms with E-state index in [1.54, 1.807) is 55.0 Å². The van der Waals surface area contributed by atoms with Crippen molar-refractivity contribution in [3.8, 4) is 5.75 Å². The molecular weight excluding hydrogens is 336 g/mol. The molecule has 0 atom stereocenters. The largest absolute Gasteiger partial charge is 0.495 e. The third kappa shape index (κ3) is 4.05. The lowest BCUT2D eigenvalue weighted by Crippen LogP contribution is -2.13. The van der Waals surface area contributed by atoms with E-state index < -0.39 is 0 Å². The predicted octanol–water partition coefficient (Wildman–Crippen LogP) is 4.26. The summed E-state index contributed by atoms with van der Waals surface area (Å²) in [5.74, 6) is 0.170. The number of hydrogen-bond donors (Lipinski definition) is 2. The zero-order valence-electron chi connectivity index (χ0n) is 13.5. The molecule has 0 fully saturated rings. The molecule has 5 nitrogen and oxygen atoms in total. The van der Waals surface area contributed by atoms with Gasteiger partial charge in [0.05, 0.1) is 18.4 Å². The summed E-state index contributed by atoms with van der Waals surface area (Å²) in [5, 5.41) is 9.23. The summed E-state index contributed by atoms with van der Waals surface area (Å²) in [6, 6.07) is 15.7. The molecule has 3 rings (SSSR count). The number of anilines is 2. The number of thiophene rings is 1. The Morgan fingerprint density at radius 2 is 1.60 bits per heavy atom. The molecular formula is C19H16N2O3S. The van der Waals surface area contributed by atoms with Gasteiger partial charge in [0.2, 0.25) is 0 Å². The van der Waals surface area contributed by atoms with E-state index in [1.807, 2.05) is 17.5 Å². The fourth-order valence-electron chi connectivity index (χ4n) is 2.24. The summed E-state index contributed by atoms with van der Waals surface area (Å²) in [6.07, 6.45) is 0. The third-order valence-electron chi connectivity index (χ3n) is 3.54. The van der Waals surface area contributed by atoms with Crippen LogP contribution in [0.5, 0.6) is 5.75 Å². The van der Waals surface area contributed by atoms with Crippen molar-refractivity contribution >= 4 is 34.5 Å². The molecule has 0 saturated heterocycles. The van der Waals surface area contributed by atoms with E-state index in [9.17, 15) is 9.59 Å². The number of rotatable bonds is 5. The Morgan fingerprint density at radius 3 is 2.28 bits per heavy atom. The van der Waals surface area contributed by atoms with Crippen LogP contribution in [-0.4, -0.2) is 18.9 Å². The first-order valence-electron chi connectivity index (χ1n) is 7.55. The lowest BCUT2D eigenvalue weighted by molar-refractivity contribution is 0.102. The molecule has 0 unspecified atom stereocenters. The second-order valence-electron chi connectivity index (χ2n) is 5.20. The molecule has 25 heavy (non-hydrogen) atoms. The van der Waals surface area contributed by atoms with Crippen LogP contribution in [0.1, 0.15) is 20.7 Å². The van der Waals surface area contributed by atoms with Crippen molar-refractivity contribution in [2.45, 2.75) is 0 Å². The number of methoxy groups -OCH3 is 1. The molecule has 0 radical (unpaired) electrons. The van der Waals surface area contributed by atoms with Gasteiger partial charge < -0.3 is 15.4 Å². The molecule has 1 heterocycles. The van der Waals surface area contributed by atoms with Crippen LogP contribution in [0.2, 0.25) is 0 Å². The van der Waals surface area contributed by atoms with Gasteiger partial charge in [0.1, 0.15) is 5.75 Å². The first kappa shape index (κ1) is 16.7. The molecule has 0 bridgehead atoms. The summed E-state index contributed by atoms with van der Waals surface area (Å²) >= 11 is 1.46. The first-order valence-corrected chi connectivity index (χ1v) is 8.49. The van der Waals surface area contributed by atoms with Gasteiger partial charge in [0, 0.05) is 16.6 Å². The molecule has 2 aromatic carbocycles. The minimum atomic E-state index is -0.250. The van der Waals surface area contributed by atoms with E-state index in [0.717, 1.165) is 0 Å². The van der Waals surface area contributed by atoms with Crippen LogP contribution in [0.15, 0.2) is 65.4 Å². The topological polar surface area (TPSA) is 67.4 Å². The predicted molar refractivity (Wildman–Crippen MR) is 99.7 cm³/mol. The van der Waals surface area contributed by atoms with E-state index in [1.165, 1.54) is 11.3 Å². The van der Waals surface area contributed by atoms with E-state index in [-0.39, 0.29) is 11.8 Å². The average molecular weight is 352 g/mol. The van der Waals surface area contributed by atoms with Crippen LogP contribution in [-0.2, 0) is 0 Å². The van der Waals surface area contributed by atoms with Crippen molar-refractivity contribution in [3.05, 3.63) is 76.5 Å². The summed E-state index contributed by atoms with van der Waals surface area (Å²) in [4.78, 5) is 24.4. The van der Waals surface area contributed by atoms with Crippen molar-refractivity contribution in [1.82, 2.24) is 0 Å². The minimum absolute atomic E-state index is 0.174. The van der Waals surface area contributed by atoms with Gasteiger partial charge in [-0.2, -0.15) is 11.3 Å². The lowest BCUT2D eigenvalue weighted by atomic mass is 10.1. The summed E-state index contributed by atoms with van der Waals surface area (Å²) < 4.78 is 5.22. The monoisotopic (exact) mass is 352 g/mol. The number of hydrogen-bond acceptors (Lipinski definition) is 4. The molecule has 2 amide bonds. The van der Waals surface area contributed by atoms with Crippen LogP contribution >= 0.6 is 11.3 Å². The zero-order chi connectivity index (χ0) is 17.6. The number of nitrogens with one attached hydrogen (secondary N) is 2. The number of ether oxygens (including phenoxy) is 1. The Kier molecular flexibility index (Phi) is 5.11. The Balaban J connectivity index is 1.67. The second-order valence-corrected chi connectivity index (χ2v) is 5.98. The number of carbonyl (C=O) groups excluding carboxylic acids is 2. The van der Waals surface area contributed by atoms with Crippen LogP contribution in [0, 0.1) is 0 Å². The molecule has 3 aromatic rings. The van der Waals surface area contributed by atoms with Crippen LogP contribution < -0.4 is 15.4 Å². The highest BCUT2D eigenvalue weighted by Crippen LogP contribution is 2.24. The molecule has 0 aliphatic rings. The normalized spacial score (nSPS) is 10.1. The highest BCUT2D eigenvalue weighted by molar-refractivity contribution is 7.08. The van der Waals surface area contributed by atoms with Gasteiger partial charge in [-0.25, -0.2) is 0 Å². The van der Waals surface area contributed by atoms with Gasteiger partial charge in [-0.05, 0) is 47.8 Å². The number of carbonyl (C=O) groups is 2. The van der Waals surface area contributed by atoms with Crippen molar-refractivity contribution in [3.63, 3.8) is 0 Å². The molecule has 0 aliphatic carbocycles. The number of benzene rings is 2. The Labute approximate surface area is 149 Å². The van der Waals surface area contributed by atoms with Crippen LogP contribution in [0.4, 0.5) is 11.4 Å². The van der Waals surface area contributed by atoms with Crippen molar-refractivity contribution in [1.29, 1.82) is 0 Å². The SMILES string of the molecule is COc1ccccc1NC(=O)c1ccc(NC(=O)c2ccsc2)cc1. The third-order valence-corrected chi connectivity index (χ3v) is 4.23. The van der Waals surface area contributed by atoms with Gasteiger partial charge in [-0.1, -0.05) is 12.1 Å². The highest BCUT2D eigenvalue weighted by atomic mass is 32.1. The maximum absolute atomic E-state index is 12.3. The van der Waals surface area contributed by atoms with E-state index >= 15 is 0 Å². The molecule has 126 valence electrons. The van der Waals surface area contributed by atoms with Crippen molar-refractivity contribution in [2.75, 3.05) is 17.7 Å². The molecule has 0 saturated carbocycles. The second kappa shape index (κ2) is 7.63. The Hall–Kier alpha value is -3.12. The maximum Gasteiger partial charge on any atom is 0.256 e. The van der Waals surface area contributed by atoms with E-state index in [0.29, 0.717) is 28.3 Å². The quantitative estimate of drug-likeness (QED) is 0.721. The number of amides is 2. The molecule has 2 N–H and O–H groups in total. The first-order chi connectivity index (χ1) is 12.2. The van der Waals surface area contributed by atoms with Gasteiger partial charge >= 0.3 is 0 Å². The van der Waals surface area contributed by atoms with Crippen molar-refractivity contribution < 1.29 is 14.3 Å². The van der Waals surface area contributed by atoms with Crippen LogP contribution in [0.3, 0.4) is 0 Å².